The van der Waals surface area contributed by atoms with Crippen LogP contribution in [0.3, 0.4) is 0 Å². The van der Waals surface area contributed by atoms with Gasteiger partial charge in [0.05, 0.1) is 11.2 Å². The lowest BCUT2D eigenvalue weighted by Gasteiger charge is -2.32. The van der Waals surface area contributed by atoms with Crippen LogP contribution >= 0.6 is 0 Å². The highest BCUT2D eigenvalue weighted by atomic mass is 16.7. The molecule has 0 spiro atoms. The molecular formula is C23H32BNO2. The van der Waals surface area contributed by atoms with E-state index in [1.165, 1.54) is 11.1 Å². The molecule has 3 rings (SSSR count). The SMILES string of the molecule is CC1(C)OB(CCCCc2ccc(CNc3ccccc3)cc2)OC1(C)C. The van der Waals surface area contributed by atoms with Gasteiger partial charge < -0.3 is 14.6 Å². The van der Waals surface area contributed by atoms with Crippen molar-refractivity contribution in [1.82, 2.24) is 0 Å². The molecule has 2 aromatic carbocycles. The molecule has 0 saturated carbocycles. The third kappa shape index (κ3) is 5.37. The Kier molecular flexibility index (Phi) is 6.28. The van der Waals surface area contributed by atoms with Crippen molar-refractivity contribution in [2.75, 3.05) is 5.32 Å². The van der Waals surface area contributed by atoms with Gasteiger partial charge in [0, 0.05) is 12.2 Å². The Morgan fingerprint density at radius 2 is 1.37 bits per heavy atom. The average molecular weight is 365 g/mol. The predicted molar refractivity (Wildman–Crippen MR) is 114 cm³/mol. The van der Waals surface area contributed by atoms with Crippen LogP contribution in [0, 0.1) is 0 Å². The molecule has 27 heavy (non-hydrogen) atoms. The van der Waals surface area contributed by atoms with Crippen LogP contribution in [0.25, 0.3) is 0 Å². The molecule has 1 saturated heterocycles. The number of benzene rings is 2. The van der Waals surface area contributed by atoms with E-state index in [9.17, 15) is 0 Å². The average Bonchev–Trinajstić information content (AvgIpc) is 2.85. The second-order valence-electron chi connectivity index (χ2n) is 8.47. The van der Waals surface area contributed by atoms with Crippen molar-refractivity contribution in [2.45, 2.75) is 71.0 Å². The first-order valence-electron chi connectivity index (χ1n) is 10.1. The Morgan fingerprint density at radius 1 is 0.778 bits per heavy atom. The number of para-hydroxylation sites is 1. The maximum absolute atomic E-state index is 6.07. The Labute approximate surface area is 164 Å². The molecule has 1 aliphatic rings. The lowest BCUT2D eigenvalue weighted by atomic mass is 9.82. The second-order valence-corrected chi connectivity index (χ2v) is 8.47. The Hall–Kier alpha value is -1.78. The van der Waals surface area contributed by atoms with Crippen molar-refractivity contribution in [3.05, 3.63) is 65.7 Å². The summed E-state index contributed by atoms with van der Waals surface area (Å²) in [7, 11) is -0.0681. The van der Waals surface area contributed by atoms with Gasteiger partial charge in [0.15, 0.2) is 0 Å². The number of aryl methyl sites for hydroxylation is 1. The zero-order valence-electron chi connectivity index (χ0n) is 17.1. The van der Waals surface area contributed by atoms with E-state index in [-0.39, 0.29) is 18.3 Å². The van der Waals surface area contributed by atoms with E-state index in [4.69, 9.17) is 9.31 Å². The molecule has 0 bridgehead atoms. The Bertz CT molecular complexity index is 697. The minimum Gasteiger partial charge on any atom is -0.403 e. The van der Waals surface area contributed by atoms with Gasteiger partial charge in [-0.1, -0.05) is 48.9 Å². The number of hydrogen-bond donors (Lipinski definition) is 1. The number of unbranched alkanes of at least 4 members (excludes halogenated alkanes) is 1. The summed E-state index contributed by atoms with van der Waals surface area (Å²) in [5.74, 6) is 0. The van der Waals surface area contributed by atoms with E-state index >= 15 is 0 Å². The van der Waals surface area contributed by atoms with Crippen molar-refractivity contribution in [3.8, 4) is 0 Å². The van der Waals surface area contributed by atoms with Crippen molar-refractivity contribution in [1.29, 1.82) is 0 Å². The quantitative estimate of drug-likeness (QED) is 0.480. The second kappa shape index (κ2) is 8.49. The molecule has 0 atom stereocenters. The summed E-state index contributed by atoms with van der Waals surface area (Å²) in [4.78, 5) is 0. The summed E-state index contributed by atoms with van der Waals surface area (Å²) in [6.45, 7) is 9.30. The van der Waals surface area contributed by atoms with Crippen LogP contribution in [0.15, 0.2) is 54.6 Å². The van der Waals surface area contributed by atoms with Gasteiger partial charge in [0.2, 0.25) is 0 Å². The molecule has 1 aliphatic heterocycles. The molecule has 1 fully saturated rings. The lowest BCUT2D eigenvalue weighted by molar-refractivity contribution is 0.00578. The molecule has 3 nitrogen and oxygen atoms in total. The number of rotatable bonds is 8. The van der Waals surface area contributed by atoms with Gasteiger partial charge in [-0.3, -0.25) is 0 Å². The minimum absolute atomic E-state index is 0.0681. The number of nitrogens with one attached hydrogen (secondary N) is 1. The summed E-state index contributed by atoms with van der Waals surface area (Å²) in [5, 5.41) is 3.45. The van der Waals surface area contributed by atoms with Gasteiger partial charge in [-0.15, -0.1) is 0 Å². The van der Waals surface area contributed by atoms with Crippen molar-refractivity contribution < 1.29 is 9.31 Å². The number of hydrogen-bond acceptors (Lipinski definition) is 3. The standard InChI is InChI=1S/C23H32BNO2/c1-22(2)23(3,4)27-24(26-22)17-9-8-10-19-13-15-20(16-14-19)18-25-21-11-6-5-7-12-21/h5-7,11-16,25H,8-10,17-18H2,1-4H3. The fourth-order valence-electron chi connectivity index (χ4n) is 3.31. The van der Waals surface area contributed by atoms with E-state index in [0.717, 1.165) is 37.8 Å². The maximum atomic E-state index is 6.07. The van der Waals surface area contributed by atoms with Crippen LogP contribution in [0.5, 0.6) is 0 Å². The molecule has 0 aromatic heterocycles. The molecule has 144 valence electrons. The summed E-state index contributed by atoms with van der Waals surface area (Å²) in [6, 6.07) is 19.3. The van der Waals surface area contributed by atoms with Crippen molar-refractivity contribution in [3.63, 3.8) is 0 Å². The third-order valence-corrected chi connectivity index (χ3v) is 5.75. The van der Waals surface area contributed by atoms with Gasteiger partial charge >= 0.3 is 7.12 Å². The first-order valence-corrected chi connectivity index (χ1v) is 10.1. The van der Waals surface area contributed by atoms with Gasteiger partial charge in [0.1, 0.15) is 0 Å². The summed E-state index contributed by atoms with van der Waals surface area (Å²) in [5.41, 5.74) is 3.42. The van der Waals surface area contributed by atoms with E-state index in [1.807, 2.05) is 6.07 Å². The van der Waals surface area contributed by atoms with Gasteiger partial charge in [-0.25, -0.2) is 0 Å². The zero-order chi connectivity index (χ0) is 19.3. The first kappa shape index (κ1) is 20.0. The summed E-state index contributed by atoms with van der Waals surface area (Å²) < 4.78 is 12.1. The van der Waals surface area contributed by atoms with Gasteiger partial charge in [-0.05, 0) is 70.1 Å². The lowest BCUT2D eigenvalue weighted by Crippen LogP contribution is -2.41. The van der Waals surface area contributed by atoms with Crippen LogP contribution in [-0.4, -0.2) is 18.3 Å². The zero-order valence-corrected chi connectivity index (χ0v) is 17.1. The topological polar surface area (TPSA) is 30.5 Å². The van der Waals surface area contributed by atoms with Crippen LogP contribution in [-0.2, 0) is 22.3 Å². The number of anilines is 1. The predicted octanol–water partition coefficient (Wildman–Crippen LogP) is 5.71. The summed E-state index contributed by atoms with van der Waals surface area (Å²) >= 11 is 0. The summed E-state index contributed by atoms with van der Waals surface area (Å²) in [6.07, 6.45) is 4.34. The molecule has 1 heterocycles. The smallest absolute Gasteiger partial charge is 0.403 e. The van der Waals surface area contributed by atoms with Crippen LogP contribution in [0.1, 0.15) is 51.7 Å². The third-order valence-electron chi connectivity index (χ3n) is 5.75. The van der Waals surface area contributed by atoms with Crippen LogP contribution in [0.4, 0.5) is 5.69 Å². The molecular weight excluding hydrogens is 333 g/mol. The first-order chi connectivity index (χ1) is 12.9. The Balaban J connectivity index is 1.37. The van der Waals surface area contributed by atoms with Gasteiger partial charge in [-0.2, -0.15) is 0 Å². The Morgan fingerprint density at radius 3 is 2.00 bits per heavy atom. The highest BCUT2D eigenvalue weighted by Crippen LogP contribution is 2.38. The van der Waals surface area contributed by atoms with E-state index < -0.39 is 0 Å². The van der Waals surface area contributed by atoms with Crippen molar-refractivity contribution in [2.24, 2.45) is 0 Å². The van der Waals surface area contributed by atoms with E-state index in [2.05, 4.69) is 81.5 Å². The van der Waals surface area contributed by atoms with E-state index in [1.54, 1.807) is 0 Å². The van der Waals surface area contributed by atoms with Gasteiger partial charge in [0.25, 0.3) is 0 Å². The van der Waals surface area contributed by atoms with Crippen LogP contribution < -0.4 is 5.32 Å². The molecule has 1 N–H and O–H groups in total. The van der Waals surface area contributed by atoms with E-state index in [0.29, 0.717) is 0 Å². The molecule has 0 aliphatic carbocycles. The molecule has 0 amide bonds. The van der Waals surface area contributed by atoms with Crippen LogP contribution in [0.2, 0.25) is 6.32 Å². The monoisotopic (exact) mass is 365 g/mol. The fourth-order valence-corrected chi connectivity index (χ4v) is 3.31. The molecule has 2 aromatic rings. The maximum Gasteiger partial charge on any atom is 0.457 e. The highest BCUT2D eigenvalue weighted by Gasteiger charge is 2.50. The fraction of sp³-hybridized carbons (Fsp3) is 0.478. The molecule has 0 unspecified atom stereocenters. The molecule has 4 heteroatoms. The highest BCUT2D eigenvalue weighted by molar-refractivity contribution is 6.45. The normalized spacial score (nSPS) is 17.9. The minimum atomic E-state index is -0.221. The molecule has 0 radical (unpaired) electrons. The largest absolute Gasteiger partial charge is 0.457 e. The van der Waals surface area contributed by atoms with Crippen molar-refractivity contribution >= 4 is 12.8 Å².